The van der Waals surface area contributed by atoms with Crippen molar-refractivity contribution in [2.24, 2.45) is 5.73 Å². The molecule has 2 N–H and O–H groups in total. The van der Waals surface area contributed by atoms with Crippen LogP contribution in [0.5, 0.6) is 0 Å². The minimum Gasteiger partial charge on any atom is -0.351 e. The number of hydrogen-bond donors (Lipinski definition) is 1. The summed E-state index contributed by atoms with van der Waals surface area (Å²) in [5.41, 5.74) is 7.28. The zero-order chi connectivity index (χ0) is 11.8. The first-order valence-electron chi connectivity index (χ1n) is 5.80. The van der Waals surface area contributed by atoms with E-state index in [2.05, 4.69) is 12.1 Å². The van der Waals surface area contributed by atoms with Crippen LogP contribution in [0.3, 0.4) is 0 Å². The van der Waals surface area contributed by atoms with Crippen molar-refractivity contribution in [2.45, 2.75) is 32.6 Å². The zero-order valence-corrected chi connectivity index (χ0v) is 10.1. The van der Waals surface area contributed by atoms with Crippen LogP contribution in [0.2, 0.25) is 0 Å². The van der Waals surface area contributed by atoms with E-state index in [1.165, 1.54) is 5.56 Å². The van der Waals surface area contributed by atoms with Crippen LogP contribution in [0.4, 0.5) is 0 Å². The third-order valence-corrected chi connectivity index (χ3v) is 2.33. The fourth-order valence-electron chi connectivity index (χ4n) is 1.61. The second-order valence-electron chi connectivity index (χ2n) is 3.63. The molecule has 0 saturated carbocycles. The van der Waals surface area contributed by atoms with E-state index in [4.69, 9.17) is 15.2 Å². The quantitative estimate of drug-likeness (QED) is 0.719. The molecule has 1 aromatic rings. The Hall–Kier alpha value is -0.900. The summed E-state index contributed by atoms with van der Waals surface area (Å²) < 4.78 is 10.9. The predicted octanol–water partition coefficient (Wildman–Crippen LogP) is 1.96. The number of ether oxygens (including phenoxy) is 2. The minimum atomic E-state index is -0.310. The molecule has 0 amide bonds. The van der Waals surface area contributed by atoms with Crippen LogP contribution in [0.25, 0.3) is 0 Å². The van der Waals surface area contributed by atoms with Gasteiger partial charge in [0.25, 0.3) is 0 Å². The highest BCUT2D eigenvalue weighted by Crippen LogP contribution is 2.08. The van der Waals surface area contributed by atoms with Gasteiger partial charge in [-0.15, -0.1) is 0 Å². The Labute approximate surface area is 97.6 Å². The molecule has 0 aliphatic carbocycles. The summed E-state index contributed by atoms with van der Waals surface area (Å²) in [5, 5.41) is 0. The lowest BCUT2D eigenvalue weighted by atomic mass is 10.1. The first-order valence-corrected chi connectivity index (χ1v) is 5.80. The largest absolute Gasteiger partial charge is 0.351 e. The Kier molecular flexibility index (Phi) is 6.08. The highest BCUT2D eigenvalue weighted by atomic mass is 16.7. The Bertz CT molecular complexity index is 271. The van der Waals surface area contributed by atoms with Crippen LogP contribution in [-0.4, -0.2) is 25.5 Å². The van der Waals surface area contributed by atoms with Crippen LogP contribution < -0.4 is 5.73 Å². The molecule has 0 bridgehead atoms. The molecular formula is C13H21NO2. The fraction of sp³-hybridized carbons (Fsp3) is 0.538. The van der Waals surface area contributed by atoms with Gasteiger partial charge in [-0.3, -0.25) is 0 Å². The average molecular weight is 223 g/mol. The lowest BCUT2D eigenvalue weighted by Gasteiger charge is -2.23. The summed E-state index contributed by atoms with van der Waals surface area (Å²) in [4.78, 5) is 0. The monoisotopic (exact) mass is 223 g/mol. The minimum absolute atomic E-state index is 0.123. The highest BCUT2D eigenvalue weighted by Gasteiger charge is 2.18. The smallest absolute Gasteiger partial charge is 0.172 e. The molecule has 3 nitrogen and oxygen atoms in total. The summed E-state index contributed by atoms with van der Waals surface area (Å²) in [5.74, 6) is 0. The normalized spacial score (nSPS) is 13.0. The van der Waals surface area contributed by atoms with Crippen LogP contribution >= 0.6 is 0 Å². The van der Waals surface area contributed by atoms with Gasteiger partial charge in [0.2, 0.25) is 0 Å². The summed E-state index contributed by atoms with van der Waals surface area (Å²) >= 11 is 0. The van der Waals surface area contributed by atoms with Gasteiger partial charge in [-0.1, -0.05) is 30.3 Å². The number of nitrogens with two attached hydrogens (primary N) is 1. The molecule has 16 heavy (non-hydrogen) atoms. The van der Waals surface area contributed by atoms with Crippen molar-refractivity contribution in [3.05, 3.63) is 35.9 Å². The molecule has 90 valence electrons. The van der Waals surface area contributed by atoms with Crippen molar-refractivity contribution in [3.63, 3.8) is 0 Å². The molecule has 0 heterocycles. The van der Waals surface area contributed by atoms with Crippen molar-refractivity contribution < 1.29 is 9.47 Å². The van der Waals surface area contributed by atoms with Crippen molar-refractivity contribution in [1.29, 1.82) is 0 Å². The van der Waals surface area contributed by atoms with E-state index >= 15 is 0 Å². The molecule has 1 aromatic carbocycles. The third kappa shape index (κ3) is 4.31. The van der Waals surface area contributed by atoms with Crippen LogP contribution in [-0.2, 0) is 15.9 Å². The standard InChI is InChI=1S/C13H21NO2/c1-3-15-13(16-4-2)12(14)10-11-8-6-5-7-9-11/h5-9,12-13H,3-4,10,14H2,1-2H3. The maximum absolute atomic E-state index is 6.07. The van der Waals surface area contributed by atoms with Crippen molar-refractivity contribution in [1.82, 2.24) is 0 Å². The van der Waals surface area contributed by atoms with Gasteiger partial charge in [0.05, 0.1) is 6.04 Å². The second kappa shape index (κ2) is 7.39. The van der Waals surface area contributed by atoms with Crippen molar-refractivity contribution in [2.75, 3.05) is 13.2 Å². The molecule has 0 aliphatic heterocycles. The molecule has 1 rings (SSSR count). The van der Waals surface area contributed by atoms with E-state index in [1.54, 1.807) is 0 Å². The number of rotatable bonds is 7. The lowest BCUT2D eigenvalue weighted by molar-refractivity contribution is -0.148. The van der Waals surface area contributed by atoms with Gasteiger partial charge < -0.3 is 15.2 Å². The molecule has 1 atom stereocenters. The Morgan fingerprint density at radius 1 is 1.06 bits per heavy atom. The van der Waals surface area contributed by atoms with E-state index in [1.807, 2.05) is 32.0 Å². The number of benzene rings is 1. The Morgan fingerprint density at radius 3 is 2.12 bits per heavy atom. The maximum atomic E-state index is 6.07. The van der Waals surface area contributed by atoms with Crippen LogP contribution in [0, 0.1) is 0 Å². The van der Waals surface area contributed by atoms with Crippen LogP contribution in [0.1, 0.15) is 19.4 Å². The molecule has 0 aliphatic rings. The average Bonchev–Trinajstić information content (AvgIpc) is 2.30. The van der Waals surface area contributed by atoms with Gasteiger partial charge in [0, 0.05) is 13.2 Å². The van der Waals surface area contributed by atoms with Gasteiger partial charge >= 0.3 is 0 Å². The summed E-state index contributed by atoms with van der Waals surface area (Å²) in [7, 11) is 0. The predicted molar refractivity (Wildman–Crippen MR) is 65.2 cm³/mol. The molecule has 0 spiro atoms. The maximum Gasteiger partial charge on any atom is 0.172 e. The van der Waals surface area contributed by atoms with E-state index in [-0.39, 0.29) is 12.3 Å². The summed E-state index contributed by atoms with van der Waals surface area (Å²) in [6.07, 6.45) is 0.459. The van der Waals surface area contributed by atoms with Crippen LogP contribution in [0.15, 0.2) is 30.3 Å². The Morgan fingerprint density at radius 2 is 1.62 bits per heavy atom. The fourth-order valence-corrected chi connectivity index (χ4v) is 1.61. The summed E-state index contributed by atoms with van der Waals surface area (Å²) in [6.45, 7) is 5.13. The molecule has 0 fully saturated rings. The highest BCUT2D eigenvalue weighted by molar-refractivity contribution is 5.15. The third-order valence-electron chi connectivity index (χ3n) is 2.33. The molecule has 3 heteroatoms. The first-order chi connectivity index (χ1) is 7.77. The van der Waals surface area contributed by atoms with Gasteiger partial charge in [0.1, 0.15) is 0 Å². The van der Waals surface area contributed by atoms with E-state index in [0.717, 1.165) is 6.42 Å². The van der Waals surface area contributed by atoms with Crippen molar-refractivity contribution >= 4 is 0 Å². The molecular weight excluding hydrogens is 202 g/mol. The van der Waals surface area contributed by atoms with Gasteiger partial charge in [-0.05, 0) is 25.8 Å². The molecule has 0 aromatic heterocycles. The second-order valence-corrected chi connectivity index (χ2v) is 3.63. The zero-order valence-electron chi connectivity index (χ0n) is 10.1. The van der Waals surface area contributed by atoms with E-state index in [0.29, 0.717) is 13.2 Å². The first kappa shape index (κ1) is 13.2. The molecule has 0 radical (unpaired) electrons. The van der Waals surface area contributed by atoms with Gasteiger partial charge in [-0.25, -0.2) is 0 Å². The Balaban J connectivity index is 2.51. The molecule has 0 saturated heterocycles. The molecule has 1 unspecified atom stereocenters. The summed E-state index contributed by atoms with van der Waals surface area (Å²) in [6, 6.07) is 10.0. The van der Waals surface area contributed by atoms with E-state index in [9.17, 15) is 0 Å². The SMILES string of the molecule is CCOC(OCC)C(N)Cc1ccccc1. The van der Waals surface area contributed by atoms with E-state index < -0.39 is 0 Å². The van der Waals surface area contributed by atoms with Crippen molar-refractivity contribution in [3.8, 4) is 0 Å². The van der Waals surface area contributed by atoms with Gasteiger partial charge in [0.15, 0.2) is 6.29 Å². The lowest BCUT2D eigenvalue weighted by Crippen LogP contribution is -2.40. The topological polar surface area (TPSA) is 44.5 Å². The number of hydrogen-bond acceptors (Lipinski definition) is 3. The van der Waals surface area contributed by atoms with Gasteiger partial charge in [-0.2, -0.15) is 0 Å².